The third-order valence-corrected chi connectivity index (χ3v) is 2.91. The monoisotopic (exact) mass is 226 g/mol. The maximum atomic E-state index is 4.28. The van der Waals surface area contributed by atoms with Crippen LogP contribution in [0.5, 0.6) is 0 Å². The van der Waals surface area contributed by atoms with E-state index in [0.29, 0.717) is 6.04 Å². The van der Waals surface area contributed by atoms with Crippen LogP contribution in [0.25, 0.3) is 10.8 Å². The molecule has 0 aliphatic rings. The van der Waals surface area contributed by atoms with Crippen LogP contribution in [0.4, 0.5) is 0 Å². The van der Waals surface area contributed by atoms with E-state index in [1.165, 1.54) is 16.3 Å². The Morgan fingerprint density at radius 3 is 3.00 bits per heavy atom. The number of hydrogen-bond donors (Lipinski definition) is 1. The molecular weight excluding hydrogens is 208 g/mol. The lowest BCUT2D eigenvalue weighted by Crippen LogP contribution is -2.24. The standard InChI is InChI=1S/C15H18N2/c1-3-6-12(2)17-11-14-10-16-9-13-7-4-5-8-15(13)14/h3-5,7-10,12,17H,1,6,11H2,2H3. The summed E-state index contributed by atoms with van der Waals surface area (Å²) in [5, 5.41) is 5.96. The quantitative estimate of drug-likeness (QED) is 0.791. The van der Waals surface area contributed by atoms with E-state index in [0.717, 1.165) is 13.0 Å². The van der Waals surface area contributed by atoms with Crippen LogP contribution in [-0.2, 0) is 6.54 Å². The van der Waals surface area contributed by atoms with Crippen molar-refractivity contribution in [1.29, 1.82) is 0 Å². The Morgan fingerprint density at radius 1 is 1.35 bits per heavy atom. The summed E-state index contributed by atoms with van der Waals surface area (Å²) in [5.74, 6) is 0. The molecular formula is C15H18N2. The molecule has 1 aromatic carbocycles. The Kier molecular flexibility index (Phi) is 3.89. The zero-order valence-electron chi connectivity index (χ0n) is 10.2. The molecule has 1 N–H and O–H groups in total. The number of nitrogens with one attached hydrogen (secondary N) is 1. The van der Waals surface area contributed by atoms with Crippen molar-refractivity contribution >= 4 is 10.8 Å². The minimum Gasteiger partial charge on any atom is -0.310 e. The van der Waals surface area contributed by atoms with E-state index in [9.17, 15) is 0 Å². The number of fused-ring (bicyclic) bond motifs is 1. The highest BCUT2D eigenvalue weighted by Crippen LogP contribution is 2.16. The molecule has 0 fully saturated rings. The van der Waals surface area contributed by atoms with Gasteiger partial charge in [0, 0.05) is 30.4 Å². The van der Waals surface area contributed by atoms with Gasteiger partial charge in [0.05, 0.1) is 0 Å². The second-order valence-electron chi connectivity index (χ2n) is 4.33. The fourth-order valence-corrected chi connectivity index (χ4v) is 1.94. The van der Waals surface area contributed by atoms with Gasteiger partial charge in [-0.05, 0) is 24.3 Å². The van der Waals surface area contributed by atoms with E-state index in [1.54, 1.807) is 0 Å². The molecule has 1 unspecified atom stereocenters. The maximum Gasteiger partial charge on any atom is 0.0346 e. The molecule has 0 amide bonds. The summed E-state index contributed by atoms with van der Waals surface area (Å²) in [6, 6.07) is 8.80. The van der Waals surface area contributed by atoms with E-state index in [-0.39, 0.29) is 0 Å². The molecule has 2 heteroatoms. The van der Waals surface area contributed by atoms with Gasteiger partial charge in [-0.1, -0.05) is 30.3 Å². The first-order valence-electron chi connectivity index (χ1n) is 5.97. The second kappa shape index (κ2) is 5.60. The third kappa shape index (κ3) is 2.92. The molecule has 1 aromatic heterocycles. The molecule has 88 valence electrons. The summed E-state index contributed by atoms with van der Waals surface area (Å²) in [7, 11) is 0. The average molecular weight is 226 g/mol. The number of aromatic nitrogens is 1. The lowest BCUT2D eigenvalue weighted by Gasteiger charge is -2.12. The second-order valence-corrected chi connectivity index (χ2v) is 4.33. The third-order valence-electron chi connectivity index (χ3n) is 2.91. The lowest BCUT2D eigenvalue weighted by atomic mass is 10.1. The van der Waals surface area contributed by atoms with Crippen LogP contribution in [0.15, 0.2) is 49.3 Å². The van der Waals surface area contributed by atoms with E-state index in [1.807, 2.05) is 24.5 Å². The highest BCUT2D eigenvalue weighted by molar-refractivity contribution is 5.84. The molecule has 0 aliphatic carbocycles. The highest BCUT2D eigenvalue weighted by Gasteiger charge is 2.03. The molecule has 2 aromatic rings. The van der Waals surface area contributed by atoms with Crippen molar-refractivity contribution in [1.82, 2.24) is 10.3 Å². The van der Waals surface area contributed by atoms with Gasteiger partial charge < -0.3 is 5.32 Å². The van der Waals surface area contributed by atoms with Crippen molar-refractivity contribution < 1.29 is 0 Å². The van der Waals surface area contributed by atoms with E-state index in [2.05, 4.69) is 42.0 Å². The van der Waals surface area contributed by atoms with Gasteiger partial charge in [0.1, 0.15) is 0 Å². The zero-order valence-corrected chi connectivity index (χ0v) is 10.2. The smallest absolute Gasteiger partial charge is 0.0346 e. The first-order chi connectivity index (χ1) is 8.31. The van der Waals surface area contributed by atoms with E-state index >= 15 is 0 Å². The summed E-state index contributed by atoms with van der Waals surface area (Å²) in [6.45, 7) is 6.77. The fourth-order valence-electron chi connectivity index (χ4n) is 1.94. The topological polar surface area (TPSA) is 24.9 Å². The molecule has 0 bridgehead atoms. The molecule has 1 atom stereocenters. The van der Waals surface area contributed by atoms with Crippen molar-refractivity contribution in [2.24, 2.45) is 0 Å². The summed E-state index contributed by atoms with van der Waals surface area (Å²) >= 11 is 0. The molecule has 0 radical (unpaired) electrons. The predicted molar refractivity (Wildman–Crippen MR) is 72.9 cm³/mol. The fraction of sp³-hybridized carbons (Fsp3) is 0.267. The summed E-state index contributed by atoms with van der Waals surface area (Å²) in [5.41, 5.74) is 1.25. The normalized spacial score (nSPS) is 12.5. The Labute approximate surface area is 102 Å². The Bertz CT molecular complexity index is 500. The summed E-state index contributed by atoms with van der Waals surface area (Å²) in [6.07, 6.45) is 6.78. The van der Waals surface area contributed by atoms with Gasteiger partial charge in [0.15, 0.2) is 0 Å². The zero-order chi connectivity index (χ0) is 12.1. The van der Waals surface area contributed by atoms with E-state index < -0.39 is 0 Å². The molecule has 17 heavy (non-hydrogen) atoms. The first-order valence-corrected chi connectivity index (χ1v) is 5.97. The molecule has 0 spiro atoms. The van der Waals surface area contributed by atoms with Gasteiger partial charge in [-0.3, -0.25) is 4.98 Å². The molecule has 1 heterocycles. The van der Waals surface area contributed by atoms with Crippen LogP contribution in [-0.4, -0.2) is 11.0 Å². The van der Waals surface area contributed by atoms with Gasteiger partial charge in [-0.2, -0.15) is 0 Å². The number of nitrogens with zero attached hydrogens (tertiary/aromatic N) is 1. The molecule has 0 saturated carbocycles. The van der Waals surface area contributed by atoms with Gasteiger partial charge in [-0.25, -0.2) is 0 Å². The highest BCUT2D eigenvalue weighted by atomic mass is 14.9. The van der Waals surface area contributed by atoms with Crippen molar-refractivity contribution in [2.75, 3.05) is 0 Å². The average Bonchev–Trinajstić information content (AvgIpc) is 2.36. The van der Waals surface area contributed by atoms with Gasteiger partial charge in [0.2, 0.25) is 0 Å². The van der Waals surface area contributed by atoms with Crippen LogP contribution in [0.1, 0.15) is 18.9 Å². The SMILES string of the molecule is C=CCC(C)NCc1cncc2ccccc12. The van der Waals surface area contributed by atoms with Gasteiger partial charge >= 0.3 is 0 Å². The molecule has 0 aliphatic heterocycles. The van der Waals surface area contributed by atoms with Crippen LogP contribution in [0.2, 0.25) is 0 Å². The lowest BCUT2D eigenvalue weighted by molar-refractivity contribution is 0.555. The number of hydrogen-bond acceptors (Lipinski definition) is 2. The summed E-state index contributed by atoms with van der Waals surface area (Å²) in [4.78, 5) is 4.28. The van der Waals surface area contributed by atoms with Crippen molar-refractivity contribution in [3.63, 3.8) is 0 Å². The van der Waals surface area contributed by atoms with Crippen LogP contribution in [0.3, 0.4) is 0 Å². The number of benzene rings is 1. The van der Waals surface area contributed by atoms with Crippen molar-refractivity contribution in [2.45, 2.75) is 25.9 Å². The Morgan fingerprint density at radius 2 is 2.18 bits per heavy atom. The van der Waals surface area contributed by atoms with Crippen molar-refractivity contribution in [3.05, 3.63) is 54.9 Å². The minimum absolute atomic E-state index is 0.450. The number of pyridine rings is 1. The molecule has 2 rings (SSSR count). The maximum absolute atomic E-state index is 4.28. The van der Waals surface area contributed by atoms with Crippen molar-refractivity contribution in [3.8, 4) is 0 Å². The first kappa shape index (κ1) is 11.8. The summed E-state index contributed by atoms with van der Waals surface area (Å²) < 4.78 is 0. The predicted octanol–water partition coefficient (Wildman–Crippen LogP) is 3.29. The molecule has 0 saturated heterocycles. The number of rotatable bonds is 5. The Balaban J connectivity index is 2.15. The Hall–Kier alpha value is -1.67. The minimum atomic E-state index is 0.450. The van der Waals surface area contributed by atoms with Crippen LogP contribution < -0.4 is 5.32 Å². The largest absolute Gasteiger partial charge is 0.310 e. The molecule has 2 nitrogen and oxygen atoms in total. The van der Waals surface area contributed by atoms with E-state index in [4.69, 9.17) is 0 Å². The van der Waals surface area contributed by atoms with Gasteiger partial charge in [-0.15, -0.1) is 6.58 Å². The van der Waals surface area contributed by atoms with Gasteiger partial charge in [0.25, 0.3) is 0 Å². The van der Waals surface area contributed by atoms with Crippen LogP contribution >= 0.6 is 0 Å². The van der Waals surface area contributed by atoms with Crippen LogP contribution in [0, 0.1) is 0 Å².